The van der Waals surface area contributed by atoms with Crippen LogP contribution in [0, 0.1) is 15.9 Å². The molecule has 1 aliphatic heterocycles. The number of carbonyl (C=O) groups excluding carboxylic acids is 1. The molecule has 1 unspecified atom stereocenters. The van der Waals surface area contributed by atoms with Crippen molar-refractivity contribution in [3.63, 3.8) is 0 Å². The highest BCUT2D eigenvalue weighted by Gasteiger charge is 2.34. The molecule has 1 N–H and O–H groups in total. The summed E-state index contributed by atoms with van der Waals surface area (Å²) < 4.78 is 19.0. The largest absolute Gasteiger partial charge is 0.466 e. The van der Waals surface area contributed by atoms with Crippen LogP contribution in [0.25, 0.3) is 0 Å². The van der Waals surface area contributed by atoms with Gasteiger partial charge in [-0.15, -0.1) is 0 Å². The van der Waals surface area contributed by atoms with E-state index in [1.165, 1.54) is 43.6 Å². The number of ether oxygens (including phenoxy) is 1. The number of carbonyl (C=O) groups is 1. The number of nitrogens with zero attached hydrogens (tertiary/aromatic N) is 3. The smallest absolute Gasteiger partial charge is 0.338 e. The molecule has 0 saturated heterocycles. The van der Waals surface area contributed by atoms with E-state index in [0.717, 1.165) is 0 Å². The lowest BCUT2D eigenvalue weighted by Crippen LogP contribution is -2.33. The summed E-state index contributed by atoms with van der Waals surface area (Å²) in [6.07, 6.45) is 1.40. The predicted molar refractivity (Wildman–Crippen MR) is 94.4 cm³/mol. The van der Waals surface area contributed by atoms with E-state index in [0.29, 0.717) is 5.70 Å². The summed E-state index contributed by atoms with van der Waals surface area (Å²) in [6, 6.07) is 7.55. The number of amidine groups is 1. The van der Waals surface area contributed by atoms with Gasteiger partial charge in [-0.05, 0) is 25.1 Å². The number of aromatic nitrogens is 1. The van der Waals surface area contributed by atoms with Gasteiger partial charge in [0.1, 0.15) is 11.7 Å². The van der Waals surface area contributed by atoms with E-state index in [9.17, 15) is 19.3 Å². The average molecular weight is 370 g/mol. The minimum absolute atomic E-state index is 0.0515. The van der Waals surface area contributed by atoms with E-state index in [1.54, 1.807) is 13.0 Å². The number of nitrogens with one attached hydrogen (secondary N) is 1. The van der Waals surface area contributed by atoms with Gasteiger partial charge in [-0.3, -0.25) is 15.1 Å². The number of nitro benzene ring substituents is 1. The molecule has 8 nitrogen and oxygen atoms in total. The highest BCUT2D eigenvalue weighted by molar-refractivity contribution is 6.02. The number of esters is 1. The van der Waals surface area contributed by atoms with Crippen molar-refractivity contribution in [3.8, 4) is 0 Å². The van der Waals surface area contributed by atoms with Crippen LogP contribution in [0.15, 0.2) is 58.9 Å². The fourth-order valence-corrected chi connectivity index (χ4v) is 2.84. The van der Waals surface area contributed by atoms with Crippen LogP contribution in [0.4, 0.5) is 10.1 Å². The van der Waals surface area contributed by atoms with Gasteiger partial charge in [0, 0.05) is 18.0 Å². The van der Waals surface area contributed by atoms with Crippen molar-refractivity contribution in [2.45, 2.75) is 13.0 Å². The Bertz CT molecular complexity index is 987. The average Bonchev–Trinajstić information content (AvgIpc) is 2.67. The predicted octanol–water partition coefficient (Wildman–Crippen LogP) is 2.67. The van der Waals surface area contributed by atoms with Crippen molar-refractivity contribution < 1.29 is 18.8 Å². The van der Waals surface area contributed by atoms with Crippen LogP contribution in [0.5, 0.6) is 0 Å². The molecule has 27 heavy (non-hydrogen) atoms. The fourth-order valence-electron chi connectivity index (χ4n) is 2.84. The maximum Gasteiger partial charge on any atom is 0.338 e. The Morgan fingerprint density at radius 3 is 2.70 bits per heavy atom. The Hall–Kier alpha value is -3.62. The van der Waals surface area contributed by atoms with Crippen LogP contribution in [-0.4, -0.2) is 28.8 Å². The van der Waals surface area contributed by atoms with E-state index < -0.39 is 22.8 Å². The molecule has 1 aromatic carbocycles. The summed E-state index contributed by atoms with van der Waals surface area (Å²) in [7, 11) is 1.21. The lowest BCUT2D eigenvalue weighted by Gasteiger charge is -2.25. The van der Waals surface area contributed by atoms with E-state index in [1.807, 2.05) is 0 Å². The molecular formula is C18H15FN4O4. The number of methoxy groups -OCH3 is 1. The molecule has 0 aliphatic carbocycles. The van der Waals surface area contributed by atoms with Crippen LogP contribution < -0.4 is 5.32 Å². The zero-order valence-electron chi connectivity index (χ0n) is 14.5. The molecule has 1 aliphatic rings. The molecule has 2 aromatic rings. The third-order valence-corrected chi connectivity index (χ3v) is 4.06. The normalized spacial score (nSPS) is 16.4. The van der Waals surface area contributed by atoms with E-state index in [-0.39, 0.29) is 28.4 Å². The molecule has 1 atom stereocenters. The first kappa shape index (κ1) is 18.2. The van der Waals surface area contributed by atoms with E-state index in [4.69, 9.17) is 4.74 Å². The van der Waals surface area contributed by atoms with Crippen LogP contribution >= 0.6 is 0 Å². The highest BCUT2D eigenvalue weighted by Crippen LogP contribution is 2.36. The number of para-hydroxylation sites is 1. The van der Waals surface area contributed by atoms with Crippen molar-refractivity contribution in [2.24, 2.45) is 4.99 Å². The first-order valence-corrected chi connectivity index (χ1v) is 7.92. The van der Waals surface area contributed by atoms with Crippen molar-refractivity contribution in [2.75, 3.05) is 7.11 Å². The quantitative estimate of drug-likeness (QED) is 0.504. The van der Waals surface area contributed by atoms with Crippen LogP contribution in [0.3, 0.4) is 0 Å². The number of aliphatic imine (C=N–C) groups is 1. The Morgan fingerprint density at radius 2 is 2.04 bits per heavy atom. The Morgan fingerprint density at radius 1 is 1.30 bits per heavy atom. The van der Waals surface area contributed by atoms with Gasteiger partial charge < -0.3 is 10.1 Å². The third kappa shape index (κ3) is 3.39. The summed E-state index contributed by atoms with van der Waals surface area (Å²) >= 11 is 0. The van der Waals surface area contributed by atoms with Crippen LogP contribution in [0.2, 0.25) is 0 Å². The summed E-state index contributed by atoms with van der Waals surface area (Å²) in [5.41, 5.74) is 0.386. The summed E-state index contributed by atoms with van der Waals surface area (Å²) in [6.45, 7) is 1.59. The minimum Gasteiger partial charge on any atom is -0.466 e. The summed E-state index contributed by atoms with van der Waals surface area (Å²) in [5.74, 6) is -1.23. The van der Waals surface area contributed by atoms with Crippen molar-refractivity contribution in [3.05, 3.63) is 81.1 Å². The van der Waals surface area contributed by atoms with E-state index >= 15 is 0 Å². The first-order chi connectivity index (χ1) is 12.9. The SMILES string of the molecule is COC(=O)C1=C(C)NC(c2ncccc2F)=NC1c1ccccc1[N+](=O)[O-]. The topological polar surface area (TPSA) is 107 Å². The maximum atomic E-state index is 14.2. The number of hydrogen-bond donors (Lipinski definition) is 1. The van der Waals surface area contributed by atoms with Gasteiger partial charge in [0.25, 0.3) is 5.69 Å². The van der Waals surface area contributed by atoms with Gasteiger partial charge >= 0.3 is 5.97 Å². The zero-order valence-corrected chi connectivity index (χ0v) is 14.5. The van der Waals surface area contributed by atoms with Crippen molar-refractivity contribution in [1.82, 2.24) is 10.3 Å². The molecule has 0 saturated carbocycles. The lowest BCUT2D eigenvalue weighted by atomic mass is 9.94. The van der Waals surface area contributed by atoms with Gasteiger partial charge in [-0.2, -0.15) is 0 Å². The lowest BCUT2D eigenvalue weighted by molar-refractivity contribution is -0.385. The maximum absolute atomic E-state index is 14.2. The molecule has 138 valence electrons. The molecule has 3 rings (SSSR count). The van der Waals surface area contributed by atoms with Gasteiger partial charge in [0.15, 0.2) is 11.7 Å². The molecule has 9 heteroatoms. The summed E-state index contributed by atoms with van der Waals surface area (Å²) in [5, 5.41) is 14.3. The number of nitro groups is 1. The van der Waals surface area contributed by atoms with Gasteiger partial charge in [0.05, 0.1) is 23.2 Å². The Labute approximate surface area is 153 Å². The van der Waals surface area contributed by atoms with Gasteiger partial charge in [0.2, 0.25) is 0 Å². The monoisotopic (exact) mass is 370 g/mol. The number of halogens is 1. The molecule has 0 amide bonds. The van der Waals surface area contributed by atoms with Crippen LogP contribution in [0.1, 0.15) is 24.2 Å². The molecule has 1 aromatic heterocycles. The summed E-state index contributed by atoms with van der Waals surface area (Å²) in [4.78, 5) is 31.5. The fraction of sp³-hybridized carbons (Fsp3) is 0.167. The Kier molecular flexibility index (Phi) is 4.93. The van der Waals surface area contributed by atoms with E-state index in [2.05, 4.69) is 15.3 Å². The second-order valence-electron chi connectivity index (χ2n) is 5.69. The third-order valence-electron chi connectivity index (χ3n) is 4.06. The van der Waals surface area contributed by atoms with Crippen LogP contribution in [-0.2, 0) is 9.53 Å². The number of allylic oxidation sites excluding steroid dienone is 1. The molecule has 0 spiro atoms. The molecule has 0 bridgehead atoms. The van der Waals surface area contributed by atoms with Gasteiger partial charge in [-0.1, -0.05) is 12.1 Å². The molecule has 0 radical (unpaired) electrons. The first-order valence-electron chi connectivity index (χ1n) is 7.92. The Balaban J connectivity index is 2.21. The van der Waals surface area contributed by atoms with Crippen molar-refractivity contribution in [1.29, 1.82) is 0 Å². The standard InChI is InChI=1S/C18H15FN4O4/c1-10-14(18(24)27-2)15(11-6-3-4-8-13(11)23(25)26)22-17(21-10)16-12(19)7-5-9-20-16/h3-9,15H,1-2H3,(H,21,22). The van der Waals surface area contributed by atoms with Gasteiger partial charge in [-0.25, -0.2) is 14.2 Å². The number of benzene rings is 1. The van der Waals surface area contributed by atoms with Crippen molar-refractivity contribution >= 4 is 17.5 Å². The zero-order chi connectivity index (χ0) is 19.6. The second kappa shape index (κ2) is 7.32. The molecule has 2 heterocycles. The molecule has 0 fully saturated rings. The highest BCUT2D eigenvalue weighted by atomic mass is 19.1. The molecular weight excluding hydrogens is 355 g/mol. The number of hydrogen-bond acceptors (Lipinski definition) is 7. The number of rotatable bonds is 4. The second-order valence-corrected chi connectivity index (χ2v) is 5.69. The minimum atomic E-state index is -1.04. The number of pyridine rings is 1.